The molecule has 0 fully saturated rings. The van der Waals surface area contributed by atoms with Gasteiger partial charge in [-0.2, -0.15) is 0 Å². The second-order valence-corrected chi connectivity index (χ2v) is 6.93. The molecule has 0 aliphatic carbocycles. The minimum Gasteiger partial charge on any atom is -0.496 e. The average Bonchev–Trinajstić information content (AvgIpc) is 3.04. The Kier molecular flexibility index (Phi) is 3.93. The third-order valence-corrected chi connectivity index (χ3v) is 5.26. The first-order valence-electron chi connectivity index (χ1n) is 7.98. The molecular weight excluding hydrogens is 334 g/mol. The van der Waals surface area contributed by atoms with Gasteiger partial charge in [-0.3, -0.25) is 4.79 Å². The molecule has 0 atom stereocenters. The van der Waals surface area contributed by atoms with Gasteiger partial charge >= 0.3 is 0 Å². The van der Waals surface area contributed by atoms with Gasteiger partial charge in [-0.05, 0) is 49.4 Å². The molecule has 4 rings (SSSR count). The number of methoxy groups -OCH3 is 1. The molecule has 1 N–H and O–H groups in total. The van der Waals surface area contributed by atoms with Crippen molar-refractivity contribution < 1.29 is 9.15 Å². The standard InChI is InChI=1S/C20H17NO3S/c1-12-6-8-14(24-12)11-21-13-7-9-15-18(10-13)25-17-5-3-4-16(23-2)19(17)20(15)22/h3-10,21H,11H2,1-2H3. The van der Waals surface area contributed by atoms with Crippen molar-refractivity contribution in [1.82, 2.24) is 0 Å². The van der Waals surface area contributed by atoms with Crippen LogP contribution in [-0.4, -0.2) is 7.11 Å². The number of anilines is 1. The molecule has 4 aromatic rings. The van der Waals surface area contributed by atoms with Gasteiger partial charge in [-0.1, -0.05) is 6.07 Å². The first-order chi connectivity index (χ1) is 12.2. The van der Waals surface area contributed by atoms with Gasteiger partial charge in [0, 0.05) is 20.5 Å². The van der Waals surface area contributed by atoms with E-state index in [4.69, 9.17) is 9.15 Å². The summed E-state index contributed by atoms with van der Waals surface area (Å²) in [5, 5.41) is 4.70. The van der Waals surface area contributed by atoms with Crippen LogP contribution in [0, 0.1) is 6.92 Å². The van der Waals surface area contributed by atoms with Crippen LogP contribution in [-0.2, 0) is 6.54 Å². The normalized spacial score (nSPS) is 11.1. The van der Waals surface area contributed by atoms with Crippen molar-refractivity contribution in [1.29, 1.82) is 0 Å². The Morgan fingerprint density at radius 1 is 1.12 bits per heavy atom. The van der Waals surface area contributed by atoms with Crippen LogP contribution >= 0.6 is 11.3 Å². The first-order valence-corrected chi connectivity index (χ1v) is 8.80. The molecule has 2 heterocycles. The molecule has 0 radical (unpaired) electrons. The fourth-order valence-electron chi connectivity index (χ4n) is 2.92. The Balaban J connectivity index is 1.75. The van der Waals surface area contributed by atoms with Crippen LogP contribution in [0.15, 0.2) is 57.7 Å². The van der Waals surface area contributed by atoms with Gasteiger partial charge in [0.25, 0.3) is 0 Å². The fourth-order valence-corrected chi connectivity index (χ4v) is 4.05. The molecule has 0 bridgehead atoms. The van der Waals surface area contributed by atoms with Crippen LogP contribution < -0.4 is 15.5 Å². The molecule has 2 aromatic carbocycles. The van der Waals surface area contributed by atoms with Gasteiger partial charge in [0.05, 0.1) is 19.0 Å². The highest BCUT2D eigenvalue weighted by Crippen LogP contribution is 2.31. The number of benzene rings is 2. The average molecular weight is 351 g/mol. The van der Waals surface area contributed by atoms with Crippen LogP contribution in [0.4, 0.5) is 5.69 Å². The number of furan rings is 1. The maximum Gasteiger partial charge on any atom is 0.199 e. The van der Waals surface area contributed by atoms with E-state index in [1.165, 1.54) is 0 Å². The van der Waals surface area contributed by atoms with E-state index in [0.717, 1.165) is 26.6 Å². The highest BCUT2D eigenvalue weighted by molar-refractivity contribution is 7.24. The predicted molar refractivity (Wildman–Crippen MR) is 103 cm³/mol. The number of fused-ring (bicyclic) bond motifs is 2. The number of aryl methyl sites for hydroxylation is 1. The molecule has 0 aliphatic rings. The van der Waals surface area contributed by atoms with Gasteiger partial charge in [0.15, 0.2) is 5.43 Å². The number of ether oxygens (including phenoxy) is 1. The summed E-state index contributed by atoms with van der Waals surface area (Å²) in [5.74, 6) is 2.40. The second kappa shape index (κ2) is 6.26. The minimum absolute atomic E-state index is 0.00871. The third-order valence-electron chi connectivity index (χ3n) is 4.14. The molecule has 5 heteroatoms. The van der Waals surface area contributed by atoms with E-state index >= 15 is 0 Å². The van der Waals surface area contributed by atoms with Gasteiger partial charge < -0.3 is 14.5 Å². The smallest absolute Gasteiger partial charge is 0.199 e. The van der Waals surface area contributed by atoms with E-state index < -0.39 is 0 Å². The van der Waals surface area contributed by atoms with E-state index in [1.54, 1.807) is 18.4 Å². The summed E-state index contributed by atoms with van der Waals surface area (Å²) in [6.45, 7) is 2.53. The molecule has 126 valence electrons. The van der Waals surface area contributed by atoms with E-state index in [9.17, 15) is 4.79 Å². The molecule has 0 spiro atoms. The van der Waals surface area contributed by atoms with E-state index in [0.29, 0.717) is 23.1 Å². The van der Waals surface area contributed by atoms with Crippen molar-refractivity contribution in [2.45, 2.75) is 13.5 Å². The van der Waals surface area contributed by atoms with Crippen molar-refractivity contribution in [2.24, 2.45) is 0 Å². The van der Waals surface area contributed by atoms with Gasteiger partial charge in [0.2, 0.25) is 0 Å². The van der Waals surface area contributed by atoms with Crippen molar-refractivity contribution in [3.05, 3.63) is 70.3 Å². The third kappa shape index (κ3) is 2.87. The summed E-state index contributed by atoms with van der Waals surface area (Å²) in [7, 11) is 1.59. The molecule has 0 aliphatic heterocycles. The Hall–Kier alpha value is -2.79. The molecular formula is C20H17NO3S. The zero-order valence-electron chi connectivity index (χ0n) is 14.0. The Labute approximate surface area is 148 Å². The largest absolute Gasteiger partial charge is 0.496 e. The Morgan fingerprint density at radius 2 is 2.00 bits per heavy atom. The zero-order chi connectivity index (χ0) is 17.4. The Morgan fingerprint density at radius 3 is 2.76 bits per heavy atom. The van der Waals surface area contributed by atoms with Crippen LogP contribution in [0.1, 0.15) is 11.5 Å². The molecule has 0 amide bonds. The first kappa shape index (κ1) is 15.7. The highest BCUT2D eigenvalue weighted by Gasteiger charge is 2.11. The van der Waals surface area contributed by atoms with Crippen molar-refractivity contribution in [3.8, 4) is 5.75 Å². The molecule has 2 aromatic heterocycles. The maximum atomic E-state index is 12.9. The maximum absolute atomic E-state index is 12.9. The van der Waals surface area contributed by atoms with E-state index in [-0.39, 0.29) is 5.43 Å². The number of hydrogen-bond donors (Lipinski definition) is 1. The summed E-state index contributed by atoms with van der Waals surface area (Å²) in [5.41, 5.74) is 0.967. The summed E-state index contributed by atoms with van der Waals surface area (Å²) < 4.78 is 12.8. The van der Waals surface area contributed by atoms with Crippen molar-refractivity contribution >= 4 is 37.2 Å². The molecule has 0 unspecified atom stereocenters. The van der Waals surface area contributed by atoms with Gasteiger partial charge in [0.1, 0.15) is 17.3 Å². The van der Waals surface area contributed by atoms with Crippen LogP contribution in [0.5, 0.6) is 5.75 Å². The lowest BCUT2D eigenvalue weighted by Crippen LogP contribution is -2.04. The second-order valence-electron chi connectivity index (χ2n) is 5.84. The number of nitrogens with one attached hydrogen (secondary N) is 1. The van der Waals surface area contributed by atoms with Crippen LogP contribution in [0.25, 0.3) is 20.2 Å². The zero-order valence-corrected chi connectivity index (χ0v) is 14.8. The van der Waals surface area contributed by atoms with Crippen LogP contribution in [0.2, 0.25) is 0 Å². The number of rotatable bonds is 4. The monoisotopic (exact) mass is 351 g/mol. The van der Waals surface area contributed by atoms with Gasteiger partial charge in [-0.25, -0.2) is 0 Å². The topological polar surface area (TPSA) is 51.5 Å². The lowest BCUT2D eigenvalue weighted by molar-refractivity contribution is 0.419. The molecule has 0 saturated heterocycles. The summed E-state index contributed by atoms with van der Waals surface area (Å²) in [6, 6.07) is 15.4. The lowest BCUT2D eigenvalue weighted by Gasteiger charge is -2.08. The highest BCUT2D eigenvalue weighted by atomic mass is 32.1. The SMILES string of the molecule is COc1cccc2sc3cc(NCc4ccc(C)o4)ccc3c(=O)c12. The van der Waals surface area contributed by atoms with Gasteiger partial charge in [-0.15, -0.1) is 11.3 Å². The summed E-state index contributed by atoms with van der Waals surface area (Å²) in [4.78, 5) is 12.9. The lowest BCUT2D eigenvalue weighted by atomic mass is 10.1. The summed E-state index contributed by atoms with van der Waals surface area (Å²) >= 11 is 1.59. The van der Waals surface area contributed by atoms with E-state index in [1.807, 2.05) is 55.5 Å². The van der Waals surface area contributed by atoms with Crippen LogP contribution in [0.3, 0.4) is 0 Å². The minimum atomic E-state index is 0.00871. The molecule has 4 nitrogen and oxygen atoms in total. The van der Waals surface area contributed by atoms with Crippen molar-refractivity contribution in [2.75, 3.05) is 12.4 Å². The van der Waals surface area contributed by atoms with E-state index in [2.05, 4.69) is 5.32 Å². The molecule has 0 saturated carbocycles. The Bertz CT molecular complexity index is 1130. The quantitative estimate of drug-likeness (QED) is 0.529. The number of hydrogen-bond acceptors (Lipinski definition) is 5. The predicted octanol–water partition coefficient (Wildman–Crippen LogP) is 4.94. The fraction of sp³-hybridized carbons (Fsp3) is 0.150. The van der Waals surface area contributed by atoms with Crippen molar-refractivity contribution in [3.63, 3.8) is 0 Å². The summed E-state index contributed by atoms with van der Waals surface area (Å²) in [6.07, 6.45) is 0. The molecule has 25 heavy (non-hydrogen) atoms.